The first kappa shape index (κ1) is 24.0. The highest BCUT2D eigenvalue weighted by Gasteiger charge is 2.52. The Hall–Kier alpha value is -0.120. The van der Waals surface area contributed by atoms with Crippen LogP contribution in [0.2, 0.25) is 0 Å². The third kappa shape index (κ3) is 5.19. The fraction of sp³-hybridized carbons (Fsp3) is 1.00. The van der Waals surface area contributed by atoms with Crippen LogP contribution in [-0.2, 0) is 0 Å². The Morgan fingerprint density at radius 2 is 1.03 bits per heavy atom. The van der Waals surface area contributed by atoms with Gasteiger partial charge < -0.3 is 9.80 Å². The molecule has 3 heterocycles. The minimum Gasteiger partial charge on any atom is -0.300 e. The third-order valence-corrected chi connectivity index (χ3v) is 10.2. The van der Waals surface area contributed by atoms with Gasteiger partial charge in [0.25, 0.3) is 0 Å². The highest BCUT2D eigenvalue weighted by atomic mass is 15.2. The van der Waals surface area contributed by atoms with Crippen molar-refractivity contribution in [3.05, 3.63) is 0 Å². The van der Waals surface area contributed by atoms with Crippen LogP contribution in [0.15, 0.2) is 0 Å². The summed E-state index contributed by atoms with van der Waals surface area (Å²) < 4.78 is 0. The second-order valence-corrected chi connectivity index (χ2v) is 13.3. The van der Waals surface area contributed by atoms with Gasteiger partial charge in [0, 0.05) is 50.8 Å². The molecule has 0 aromatic heterocycles. The molecule has 0 aromatic rings. The number of rotatable bonds is 3. The summed E-state index contributed by atoms with van der Waals surface area (Å²) >= 11 is 0. The summed E-state index contributed by atoms with van der Waals surface area (Å²) in [7, 11) is 0. The summed E-state index contributed by atoms with van der Waals surface area (Å²) in [4.78, 5) is 7.83. The molecule has 6 aliphatic rings. The summed E-state index contributed by atoms with van der Waals surface area (Å²) in [6.07, 6.45) is 10.5. The first-order chi connectivity index (χ1) is 14.6. The van der Waals surface area contributed by atoms with Gasteiger partial charge in [0.15, 0.2) is 0 Å². The molecule has 6 fully saturated rings. The van der Waals surface area contributed by atoms with E-state index in [1.165, 1.54) is 84.2 Å². The van der Waals surface area contributed by atoms with Crippen LogP contribution in [0.3, 0.4) is 0 Å². The van der Waals surface area contributed by atoms with Crippen LogP contribution in [0.5, 0.6) is 0 Å². The first-order valence-corrected chi connectivity index (χ1v) is 13.9. The molecule has 3 saturated heterocycles. The molecule has 3 heteroatoms. The zero-order chi connectivity index (χ0) is 22.4. The predicted molar refractivity (Wildman–Crippen MR) is 133 cm³/mol. The maximum atomic E-state index is 2.64. The lowest BCUT2D eigenvalue weighted by Crippen LogP contribution is -2.61. The lowest BCUT2D eigenvalue weighted by atomic mass is 9.63. The van der Waals surface area contributed by atoms with Gasteiger partial charge in [-0.1, -0.05) is 19.8 Å². The predicted octanol–water partition coefficient (Wildman–Crippen LogP) is 5.74. The number of fused-ring (bicyclic) bond motifs is 1. The number of piperidine rings is 1. The van der Waals surface area contributed by atoms with Crippen molar-refractivity contribution < 1.29 is 0 Å². The number of likely N-dealkylation sites (tertiary alicyclic amines) is 3. The van der Waals surface area contributed by atoms with Gasteiger partial charge in [-0.05, 0) is 109 Å². The molecule has 3 saturated carbocycles. The second-order valence-electron chi connectivity index (χ2n) is 13.3. The van der Waals surface area contributed by atoms with Gasteiger partial charge in [0.05, 0.1) is 0 Å². The topological polar surface area (TPSA) is 9.72 Å². The van der Waals surface area contributed by atoms with E-state index >= 15 is 0 Å². The summed E-state index contributed by atoms with van der Waals surface area (Å²) in [5.74, 6) is 3.19. The zero-order valence-electron chi connectivity index (χ0n) is 22.0. The quantitative estimate of drug-likeness (QED) is 0.564. The van der Waals surface area contributed by atoms with Crippen LogP contribution < -0.4 is 0 Å². The zero-order valence-corrected chi connectivity index (χ0v) is 22.0. The van der Waals surface area contributed by atoms with Gasteiger partial charge in [-0.2, -0.15) is 0 Å². The summed E-state index contributed by atoms with van der Waals surface area (Å²) in [5, 5.41) is 0. The van der Waals surface area contributed by atoms with E-state index < -0.39 is 0 Å². The Balaban J connectivity index is 0.000000112. The van der Waals surface area contributed by atoms with Crippen molar-refractivity contribution in [1.82, 2.24) is 14.7 Å². The normalized spacial score (nSPS) is 35.2. The lowest BCUT2D eigenvalue weighted by molar-refractivity contribution is -0.0758. The van der Waals surface area contributed by atoms with Gasteiger partial charge in [0.1, 0.15) is 0 Å². The standard InChI is InChI=1S/C10H19N.2C9H17N/c1-9(2)11-7-6-10(8-11)4-3-5-10;1-6(2)10-4-8-7(3)9(8)5-10;1-8(2)10-6-9(7-10)4-3-5-9/h9H,3-8H2,1-2H3;6-9H,4-5H2,1-3H3;8H,3-7H2,1-2H3. The SMILES string of the molecule is CC(C)N1CC2(CCC2)C1.CC(C)N1CCC2(CCC2)C1.CC1C2CN(C(C)C)CC12. The van der Waals surface area contributed by atoms with E-state index in [2.05, 4.69) is 63.2 Å². The molecule has 0 amide bonds. The Morgan fingerprint density at radius 3 is 1.35 bits per heavy atom. The molecule has 0 radical (unpaired) electrons. The molecule has 3 nitrogen and oxygen atoms in total. The second kappa shape index (κ2) is 9.26. The first-order valence-electron chi connectivity index (χ1n) is 13.9. The van der Waals surface area contributed by atoms with Crippen LogP contribution in [0, 0.1) is 28.6 Å². The van der Waals surface area contributed by atoms with Crippen LogP contribution in [0.25, 0.3) is 0 Å². The summed E-state index contributed by atoms with van der Waals surface area (Å²) in [6, 6.07) is 2.33. The minimum absolute atomic E-state index is 0.773. The molecule has 0 N–H and O–H groups in total. The van der Waals surface area contributed by atoms with Gasteiger partial charge >= 0.3 is 0 Å². The molecule has 3 aliphatic heterocycles. The Morgan fingerprint density at radius 1 is 0.581 bits per heavy atom. The Bertz CT molecular complexity index is 569. The van der Waals surface area contributed by atoms with Crippen molar-refractivity contribution in [2.45, 2.75) is 112 Å². The van der Waals surface area contributed by atoms with Crippen molar-refractivity contribution in [3.8, 4) is 0 Å². The van der Waals surface area contributed by atoms with Crippen LogP contribution >= 0.6 is 0 Å². The van der Waals surface area contributed by atoms with Gasteiger partial charge in [-0.3, -0.25) is 4.90 Å². The number of hydrogen-bond acceptors (Lipinski definition) is 3. The van der Waals surface area contributed by atoms with Crippen molar-refractivity contribution in [1.29, 1.82) is 0 Å². The molecular formula is C28H53N3. The third-order valence-electron chi connectivity index (χ3n) is 10.2. The van der Waals surface area contributed by atoms with Gasteiger partial charge in [-0.25, -0.2) is 0 Å². The smallest absolute Gasteiger partial charge is 0.00532 e. The van der Waals surface area contributed by atoms with Crippen molar-refractivity contribution >= 4 is 0 Å². The molecular weight excluding hydrogens is 378 g/mol. The lowest BCUT2D eigenvalue weighted by Gasteiger charge is -2.57. The van der Waals surface area contributed by atoms with Crippen LogP contribution in [0.1, 0.15) is 93.4 Å². The summed E-state index contributed by atoms with van der Waals surface area (Å²) in [6.45, 7) is 24.5. The van der Waals surface area contributed by atoms with Crippen LogP contribution in [0.4, 0.5) is 0 Å². The average molecular weight is 432 g/mol. The molecule has 3 aliphatic carbocycles. The van der Waals surface area contributed by atoms with E-state index in [-0.39, 0.29) is 0 Å². The molecule has 2 atom stereocenters. The van der Waals surface area contributed by atoms with E-state index in [0.29, 0.717) is 0 Å². The molecule has 0 bridgehead atoms. The Kier molecular flexibility index (Phi) is 7.17. The highest BCUT2D eigenvalue weighted by molar-refractivity contribution is 5.03. The molecule has 31 heavy (non-hydrogen) atoms. The van der Waals surface area contributed by atoms with E-state index in [4.69, 9.17) is 0 Å². The van der Waals surface area contributed by atoms with Crippen molar-refractivity contribution in [2.75, 3.05) is 39.3 Å². The monoisotopic (exact) mass is 431 g/mol. The molecule has 180 valence electrons. The average Bonchev–Trinajstić information content (AvgIpc) is 3.05. The maximum Gasteiger partial charge on any atom is 0.00532 e. The fourth-order valence-electron chi connectivity index (χ4n) is 6.95. The number of nitrogens with zero attached hydrogens (tertiary/aromatic N) is 3. The largest absolute Gasteiger partial charge is 0.300 e. The van der Waals surface area contributed by atoms with Crippen LogP contribution in [-0.4, -0.2) is 72.1 Å². The minimum atomic E-state index is 0.773. The van der Waals surface area contributed by atoms with Crippen molar-refractivity contribution in [3.63, 3.8) is 0 Å². The van der Waals surface area contributed by atoms with E-state index in [1.807, 2.05) is 0 Å². The molecule has 6 rings (SSSR count). The van der Waals surface area contributed by atoms with E-state index in [1.54, 1.807) is 0 Å². The van der Waals surface area contributed by atoms with Gasteiger partial charge in [0.2, 0.25) is 0 Å². The van der Waals surface area contributed by atoms with Crippen molar-refractivity contribution in [2.24, 2.45) is 28.6 Å². The molecule has 2 unspecified atom stereocenters. The van der Waals surface area contributed by atoms with Gasteiger partial charge in [-0.15, -0.1) is 0 Å². The van der Waals surface area contributed by atoms with E-state index in [9.17, 15) is 0 Å². The maximum absolute atomic E-state index is 2.64. The highest BCUT2D eigenvalue weighted by Crippen LogP contribution is 2.51. The molecule has 0 aromatic carbocycles. The number of hydrogen-bond donors (Lipinski definition) is 0. The summed E-state index contributed by atoms with van der Waals surface area (Å²) in [5.41, 5.74) is 1.62. The molecule has 2 spiro atoms. The Labute approximate surface area is 194 Å². The fourth-order valence-corrected chi connectivity index (χ4v) is 6.95. The van der Waals surface area contributed by atoms with E-state index in [0.717, 1.165) is 46.7 Å².